The van der Waals surface area contributed by atoms with Crippen molar-refractivity contribution >= 4 is 23.9 Å². The summed E-state index contributed by atoms with van der Waals surface area (Å²) in [4.78, 5) is 53.0. The summed E-state index contributed by atoms with van der Waals surface area (Å²) in [5.41, 5.74) is -0.565. The summed E-state index contributed by atoms with van der Waals surface area (Å²) in [6.07, 6.45) is 9.09. The molecular formula is C43H59N9O11. The number of aromatic nitrogens is 3. The maximum absolute atomic E-state index is 13.7. The highest BCUT2D eigenvalue weighted by atomic mass is 16.7. The van der Waals surface area contributed by atoms with Gasteiger partial charge in [0.1, 0.15) is 0 Å². The molecule has 20 heteroatoms. The van der Waals surface area contributed by atoms with E-state index in [0.717, 1.165) is 49.9 Å². The van der Waals surface area contributed by atoms with Gasteiger partial charge < -0.3 is 54.0 Å². The second kappa shape index (κ2) is 18.3. The molecule has 7 aliphatic rings. The zero-order chi connectivity index (χ0) is 43.6. The molecule has 2 aromatic rings. The fourth-order valence-electron chi connectivity index (χ4n) is 10.5. The number of aryl methyl sites for hydroxylation is 1. The van der Waals surface area contributed by atoms with Crippen molar-refractivity contribution in [3.63, 3.8) is 0 Å². The van der Waals surface area contributed by atoms with Crippen LogP contribution in [0.25, 0.3) is 0 Å². The number of urea groups is 1. The fourth-order valence-corrected chi connectivity index (χ4v) is 10.5. The Hall–Kier alpha value is -4.92. The number of nitrogens with zero attached hydrogens (tertiary/aromatic N) is 6. The summed E-state index contributed by atoms with van der Waals surface area (Å²) in [5, 5.41) is 25.7. The molecule has 6 heterocycles. The molecule has 1 aromatic heterocycles. The van der Waals surface area contributed by atoms with Crippen molar-refractivity contribution in [3.05, 3.63) is 35.2 Å². The van der Waals surface area contributed by atoms with Crippen LogP contribution in [0.5, 0.6) is 11.5 Å². The molecule has 63 heavy (non-hydrogen) atoms. The van der Waals surface area contributed by atoms with Gasteiger partial charge in [-0.1, -0.05) is 18.1 Å². The summed E-state index contributed by atoms with van der Waals surface area (Å²) in [6, 6.07) is 4.00. The van der Waals surface area contributed by atoms with Crippen LogP contribution in [-0.4, -0.2) is 145 Å². The van der Waals surface area contributed by atoms with Gasteiger partial charge in [0.25, 0.3) is 0 Å². The predicted octanol–water partition coefficient (Wildman–Crippen LogP) is 2.78. The minimum Gasteiger partial charge on any atom is -0.454 e. The van der Waals surface area contributed by atoms with Gasteiger partial charge in [-0.25, -0.2) is 14.3 Å². The molecule has 3 N–H and O–H groups in total. The number of rotatable bonds is 24. The molecule has 0 bridgehead atoms. The Bertz CT molecular complexity index is 2060. The van der Waals surface area contributed by atoms with Crippen molar-refractivity contribution in [2.24, 2.45) is 16.1 Å². The number of nitrogens with one attached hydrogen (secondary N) is 3. The van der Waals surface area contributed by atoms with Crippen LogP contribution in [0, 0.1) is 5.92 Å². The lowest BCUT2D eigenvalue weighted by molar-refractivity contribution is -0.165. The molecular weight excluding hydrogens is 819 g/mol. The molecule has 0 unspecified atom stereocenters. The molecule has 2 aliphatic carbocycles. The van der Waals surface area contributed by atoms with E-state index in [4.69, 9.17) is 33.2 Å². The number of likely N-dealkylation sites (N-methyl/N-ethyl adjacent to an activating group) is 1. The van der Waals surface area contributed by atoms with Crippen LogP contribution in [0.1, 0.15) is 98.7 Å². The molecule has 342 valence electrons. The number of unbranched alkanes of at least 4 members (excludes halogenated alkanes) is 2. The molecule has 3 amide bonds. The molecule has 9 rings (SSSR count). The molecule has 4 fully saturated rings. The summed E-state index contributed by atoms with van der Waals surface area (Å²) in [7, 11) is 2.12. The monoisotopic (exact) mass is 877 g/mol. The first kappa shape index (κ1) is 43.3. The van der Waals surface area contributed by atoms with E-state index in [-0.39, 0.29) is 55.1 Å². The van der Waals surface area contributed by atoms with Crippen LogP contribution in [-0.2, 0) is 46.2 Å². The van der Waals surface area contributed by atoms with Crippen LogP contribution in [0.2, 0.25) is 0 Å². The number of esters is 2. The van der Waals surface area contributed by atoms with E-state index in [1.807, 2.05) is 19.2 Å². The Labute approximate surface area is 365 Å². The van der Waals surface area contributed by atoms with Crippen LogP contribution in [0.4, 0.5) is 4.79 Å². The first-order valence-electron chi connectivity index (χ1n) is 22.5. The maximum Gasteiger partial charge on any atom is 0.339 e. The normalized spacial score (nSPS) is 28.9. The van der Waals surface area contributed by atoms with Crippen molar-refractivity contribution in [3.8, 4) is 11.5 Å². The highest BCUT2D eigenvalue weighted by molar-refractivity contribution is 5.95. The molecule has 7 atom stereocenters. The van der Waals surface area contributed by atoms with Crippen LogP contribution in [0.15, 0.2) is 28.6 Å². The van der Waals surface area contributed by atoms with E-state index < -0.39 is 28.8 Å². The summed E-state index contributed by atoms with van der Waals surface area (Å²) >= 11 is 0. The topological polar surface area (TPSA) is 228 Å². The number of benzene rings is 1. The van der Waals surface area contributed by atoms with E-state index in [0.29, 0.717) is 102 Å². The maximum atomic E-state index is 13.7. The Kier molecular flexibility index (Phi) is 12.6. The number of hydrogen-bond acceptors (Lipinski definition) is 16. The number of likely N-dealkylation sites (tertiary alicyclic amines) is 1. The van der Waals surface area contributed by atoms with Crippen LogP contribution < -0.4 is 25.4 Å². The first-order valence-corrected chi connectivity index (χ1v) is 22.5. The van der Waals surface area contributed by atoms with Crippen molar-refractivity contribution in [1.82, 2.24) is 35.8 Å². The average molecular weight is 878 g/mol. The number of amides is 3. The molecule has 5 aliphatic heterocycles. The predicted molar refractivity (Wildman–Crippen MR) is 220 cm³/mol. The Balaban J connectivity index is 0.626. The van der Waals surface area contributed by atoms with Gasteiger partial charge in [-0.2, -0.15) is 10.2 Å². The van der Waals surface area contributed by atoms with Crippen molar-refractivity contribution in [1.29, 1.82) is 0 Å². The van der Waals surface area contributed by atoms with Gasteiger partial charge in [0, 0.05) is 50.0 Å². The van der Waals surface area contributed by atoms with Crippen LogP contribution >= 0.6 is 0 Å². The highest BCUT2D eigenvalue weighted by Crippen LogP contribution is 2.72. The first-order chi connectivity index (χ1) is 30.6. The molecule has 2 saturated carbocycles. The van der Waals surface area contributed by atoms with Gasteiger partial charge in [-0.15, -0.1) is 5.10 Å². The third kappa shape index (κ3) is 9.35. The largest absolute Gasteiger partial charge is 0.454 e. The molecule has 1 spiro atoms. The van der Waals surface area contributed by atoms with Gasteiger partial charge >= 0.3 is 18.0 Å². The molecule has 1 aromatic carbocycles. The van der Waals surface area contributed by atoms with E-state index in [1.165, 1.54) is 0 Å². The quantitative estimate of drug-likeness (QED) is 0.102. The smallest absolute Gasteiger partial charge is 0.339 e. The van der Waals surface area contributed by atoms with E-state index in [2.05, 4.69) is 48.4 Å². The second-order valence-corrected chi connectivity index (χ2v) is 18.1. The summed E-state index contributed by atoms with van der Waals surface area (Å²) in [5.74, 6) is 0.473. The van der Waals surface area contributed by atoms with E-state index >= 15 is 0 Å². The second-order valence-electron chi connectivity index (χ2n) is 18.1. The zero-order valence-electron chi connectivity index (χ0n) is 36.1. The Morgan fingerprint density at radius 1 is 0.984 bits per heavy atom. The third-order valence-electron chi connectivity index (χ3n) is 13.8. The minimum atomic E-state index is -0.935. The lowest BCUT2D eigenvalue weighted by Gasteiger charge is -2.47. The summed E-state index contributed by atoms with van der Waals surface area (Å²) < 4.78 is 42.5. The van der Waals surface area contributed by atoms with E-state index in [9.17, 15) is 19.2 Å². The molecule has 2 saturated heterocycles. The third-order valence-corrected chi connectivity index (χ3v) is 13.8. The average Bonchev–Trinajstić information content (AvgIpc) is 3.72. The molecule has 0 radical (unpaired) electrons. The van der Waals surface area contributed by atoms with Gasteiger partial charge in [-0.05, 0) is 76.2 Å². The van der Waals surface area contributed by atoms with Gasteiger partial charge in [0.15, 0.2) is 22.7 Å². The fraction of sp³-hybridized carbons (Fsp3) is 0.721. The highest BCUT2D eigenvalue weighted by Gasteiger charge is 2.83. The number of carbonyl (C=O) groups excluding carboxylic acids is 4. The van der Waals surface area contributed by atoms with Gasteiger partial charge in [-0.3, -0.25) is 9.59 Å². The molecule has 20 nitrogen and oxygen atoms in total. The van der Waals surface area contributed by atoms with Crippen molar-refractivity contribution < 1.29 is 52.3 Å². The minimum absolute atomic E-state index is 0.00542. The van der Waals surface area contributed by atoms with E-state index in [1.54, 1.807) is 10.7 Å². The Morgan fingerprint density at radius 2 is 1.76 bits per heavy atom. The van der Waals surface area contributed by atoms with Crippen molar-refractivity contribution in [2.75, 3.05) is 66.6 Å². The number of hydrogen-bond donors (Lipinski definition) is 3. The SMILES string of the molecule is C[C@H]1NC(=O)N[C@H]1CCCCCC(=O)NCCOCCOCCOCCn1cc(CCC2(CC(=O)O[C@]34C[C@H]5CCN(C)[C@H]5[C@@H]5c6cc7c(cc6C(=O)O[C@@]53C4)OCO7)N=N2)nn1. The number of fused-ring (bicyclic) bond motifs is 5. The number of ether oxygens (including phenoxy) is 7. The number of carbonyl (C=O) groups is 4. The van der Waals surface area contributed by atoms with Crippen molar-refractivity contribution in [2.45, 2.75) is 125 Å². The van der Waals surface area contributed by atoms with Crippen LogP contribution in [0.3, 0.4) is 0 Å². The lowest BCUT2D eigenvalue weighted by atomic mass is 9.68. The Morgan fingerprint density at radius 3 is 2.54 bits per heavy atom. The zero-order valence-corrected chi connectivity index (χ0v) is 36.1. The van der Waals surface area contributed by atoms with Gasteiger partial charge in [0.2, 0.25) is 18.4 Å². The standard InChI is InChI=1S/C43H59N9O11/c1-27-32(46-40(56)45-27)6-4-3-5-7-35(53)44-11-14-57-16-18-59-19-17-58-15-13-52-24-29(47-50-52)8-10-42(48-49-42)23-36(54)62-41-22-28-9-12-51(2)38(28)37-30-20-33-34(61-26-60-33)21-31(30)39(55)63-43(37,41)25-41/h20-21,24,27-28,32,37-38H,3-19,22-23,25-26H2,1-2H3,(H,44,53)(H2,45,46,56)/t27-,28-,32+,37+,38-,41+,43+/m1/s1. The summed E-state index contributed by atoms with van der Waals surface area (Å²) in [6.45, 7) is 6.55. The van der Waals surface area contributed by atoms with Gasteiger partial charge in [0.05, 0.1) is 69.9 Å². The lowest BCUT2D eigenvalue weighted by Crippen LogP contribution is -2.55.